The Hall–Kier alpha value is -1.26. The van der Waals surface area contributed by atoms with Crippen molar-refractivity contribution in [2.24, 2.45) is 0 Å². The Morgan fingerprint density at radius 1 is 1.61 bits per heavy atom. The second-order valence-electron chi connectivity index (χ2n) is 4.56. The zero-order chi connectivity index (χ0) is 13.1. The van der Waals surface area contributed by atoms with Gasteiger partial charge in [-0.2, -0.15) is 0 Å². The van der Waals surface area contributed by atoms with Crippen molar-refractivity contribution in [1.82, 2.24) is 4.90 Å². The first-order chi connectivity index (χ1) is 8.58. The third-order valence-corrected chi connectivity index (χ3v) is 3.44. The van der Waals surface area contributed by atoms with Gasteiger partial charge in [0.05, 0.1) is 16.8 Å². The fourth-order valence-electron chi connectivity index (χ4n) is 2.07. The van der Waals surface area contributed by atoms with E-state index in [0.717, 1.165) is 19.4 Å². The Labute approximate surface area is 112 Å². The van der Waals surface area contributed by atoms with E-state index in [1.165, 1.54) is 0 Å². The lowest BCUT2D eigenvalue weighted by Crippen LogP contribution is -2.34. The molecule has 0 radical (unpaired) electrons. The van der Waals surface area contributed by atoms with Gasteiger partial charge in [-0.15, -0.1) is 0 Å². The van der Waals surface area contributed by atoms with Crippen molar-refractivity contribution >= 4 is 23.2 Å². The molecule has 2 N–H and O–H groups in total. The molecule has 1 unspecified atom stereocenters. The van der Waals surface area contributed by atoms with Crippen molar-refractivity contribution < 1.29 is 9.53 Å². The van der Waals surface area contributed by atoms with Crippen LogP contribution in [0.1, 0.15) is 23.2 Å². The molecule has 0 spiro atoms. The van der Waals surface area contributed by atoms with Crippen LogP contribution in [0.15, 0.2) is 18.2 Å². The molecular weight excluding hydrogens is 252 g/mol. The van der Waals surface area contributed by atoms with Crippen LogP contribution in [0.25, 0.3) is 0 Å². The zero-order valence-electron chi connectivity index (χ0n) is 10.4. The number of anilines is 1. The van der Waals surface area contributed by atoms with Gasteiger partial charge in [0.2, 0.25) is 0 Å². The first-order valence-electron chi connectivity index (χ1n) is 6.00. The van der Waals surface area contributed by atoms with E-state index in [9.17, 15) is 4.79 Å². The maximum Gasteiger partial charge on any atom is 0.253 e. The molecule has 1 amide bonds. The average molecular weight is 269 g/mol. The molecule has 0 bridgehead atoms. The summed E-state index contributed by atoms with van der Waals surface area (Å²) in [6, 6.07) is 4.94. The molecule has 18 heavy (non-hydrogen) atoms. The second kappa shape index (κ2) is 5.59. The van der Waals surface area contributed by atoms with Crippen LogP contribution in [0.3, 0.4) is 0 Å². The average Bonchev–Trinajstić information content (AvgIpc) is 2.84. The van der Waals surface area contributed by atoms with E-state index in [-0.39, 0.29) is 12.0 Å². The molecule has 98 valence electrons. The number of amides is 1. The third-order valence-electron chi connectivity index (χ3n) is 3.09. The molecule has 1 fully saturated rings. The molecule has 1 aromatic rings. The molecule has 0 aromatic heterocycles. The third kappa shape index (κ3) is 2.94. The molecule has 0 aliphatic carbocycles. The van der Waals surface area contributed by atoms with Gasteiger partial charge in [-0.25, -0.2) is 0 Å². The predicted molar refractivity (Wildman–Crippen MR) is 71.8 cm³/mol. The second-order valence-corrected chi connectivity index (χ2v) is 4.96. The van der Waals surface area contributed by atoms with Crippen LogP contribution >= 0.6 is 11.6 Å². The van der Waals surface area contributed by atoms with Crippen molar-refractivity contribution in [3.63, 3.8) is 0 Å². The molecule has 1 aliphatic heterocycles. The van der Waals surface area contributed by atoms with Crippen LogP contribution < -0.4 is 5.73 Å². The van der Waals surface area contributed by atoms with Crippen molar-refractivity contribution in [1.29, 1.82) is 0 Å². The van der Waals surface area contributed by atoms with Gasteiger partial charge >= 0.3 is 0 Å². The fourth-order valence-corrected chi connectivity index (χ4v) is 2.19. The Morgan fingerprint density at radius 3 is 3.00 bits per heavy atom. The van der Waals surface area contributed by atoms with E-state index in [1.807, 2.05) is 0 Å². The Bertz CT molecular complexity index is 445. The maximum atomic E-state index is 12.2. The van der Waals surface area contributed by atoms with E-state index in [0.29, 0.717) is 22.8 Å². The predicted octanol–water partition coefficient (Wildman–Crippen LogP) is 2.17. The van der Waals surface area contributed by atoms with E-state index >= 15 is 0 Å². The summed E-state index contributed by atoms with van der Waals surface area (Å²) in [5.74, 6) is -0.0612. The van der Waals surface area contributed by atoms with Crippen LogP contribution in [0.4, 0.5) is 5.69 Å². The number of halogens is 1. The number of nitrogens with zero attached hydrogens (tertiary/aromatic N) is 1. The molecule has 1 aromatic carbocycles. The van der Waals surface area contributed by atoms with Crippen molar-refractivity contribution in [3.05, 3.63) is 28.8 Å². The topological polar surface area (TPSA) is 55.6 Å². The summed E-state index contributed by atoms with van der Waals surface area (Å²) in [5, 5.41) is 0.466. The highest BCUT2D eigenvalue weighted by Gasteiger charge is 2.21. The molecule has 4 nitrogen and oxygen atoms in total. The number of hydrogen-bond acceptors (Lipinski definition) is 3. The molecule has 1 heterocycles. The standard InChI is InChI=1S/C13H17ClN2O2/c1-16(8-10-3-2-6-18-10)13(17)9-4-5-11(14)12(15)7-9/h4-5,7,10H,2-3,6,8,15H2,1H3. The summed E-state index contributed by atoms with van der Waals surface area (Å²) in [6.07, 6.45) is 2.24. The molecule has 5 heteroatoms. The fraction of sp³-hybridized carbons (Fsp3) is 0.462. The lowest BCUT2D eigenvalue weighted by atomic mass is 10.1. The summed E-state index contributed by atoms with van der Waals surface area (Å²) in [5.41, 5.74) is 6.67. The number of hydrogen-bond donors (Lipinski definition) is 1. The SMILES string of the molecule is CN(CC1CCCO1)C(=O)c1ccc(Cl)c(N)c1. The highest BCUT2D eigenvalue weighted by molar-refractivity contribution is 6.33. The minimum Gasteiger partial charge on any atom is -0.398 e. The number of rotatable bonds is 3. The smallest absolute Gasteiger partial charge is 0.253 e. The monoisotopic (exact) mass is 268 g/mol. The van der Waals surface area contributed by atoms with Gasteiger partial charge in [-0.05, 0) is 31.0 Å². The lowest BCUT2D eigenvalue weighted by Gasteiger charge is -2.21. The number of carbonyl (C=O) groups excluding carboxylic acids is 1. The molecule has 2 rings (SSSR count). The van der Waals surface area contributed by atoms with Gasteiger partial charge < -0.3 is 15.4 Å². The van der Waals surface area contributed by atoms with Gasteiger partial charge in [-0.3, -0.25) is 4.79 Å². The minimum absolute atomic E-state index is 0.0612. The van der Waals surface area contributed by atoms with Crippen molar-refractivity contribution in [3.8, 4) is 0 Å². The van der Waals surface area contributed by atoms with Gasteiger partial charge in [0, 0.05) is 25.8 Å². The molecular formula is C13H17ClN2O2. The van der Waals surface area contributed by atoms with E-state index in [1.54, 1.807) is 30.1 Å². The first kappa shape index (κ1) is 13.2. The van der Waals surface area contributed by atoms with Crippen molar-refractivity contribution in [2.45, 2.75) is 18.9 Å². The van der Waals surface area contributed by atoms with E-state index in [4.69, 9.17) is 22.1 Å². The van der Waals surface area contributed by atoms with Crippen LogP contribution in [-0.2, 0) is 4.74 Å². The quantitative estimate of drug-likeness (QED) is 0.855. The lowest BCUT2D eigenvalue weighted by molar-refractivity contribution is 0.0587. The molecule has 1 aliphatic rings. The summed E-state index contributed by atoms with van der Waals surface area (Å²) in [6.45, 7) is 1.40. The van der Waals surface area contributed by atoms with Crippen LogP contribution in [-0.4, -0.2) is 37.1 Å². The largest absolute Gasteiger partial charge is 0.398 e. The highest BCUT2D eigenvalue weighted by Crippen LogP contribution is 2.21. The number of likely N-dealkylation sites (N-methyl/N-ethyl adjacent to an activating group) is 1. The van der Waals surface area contributed by atoms with Crippen LogP contribution in [0, 0.1) is 0 Å². The van der Waals surface area contributed by atoms with Gasteiger partial charge in [0.15, 0.2) is 0 Å². The number of benzene rings is 1. The summed E-state index contributed by atoms with van der Waals surface area (Å²) in [7, 11) is 1.77. The van der Waals surface area contributed by atoms with Gasteiger partial charge in [-0.1, -0.05) is 11.6 Å². The summed E-state index contributed by atoms with van der Waals surface area (Å²) < 4.78 is 5.51. The van der Waals surface area contributed by atoms with Crippen molar-refractivity contribution in [2.75, 3.05) is 25.9 Å². The Kier molecular flexibility index (Phi) is 4.09. The summed E-state index contributed by atoms with van der Waals surface area (Å²) >= 11 is 5.83. The van der Waals surface area contributed by atoms with E-state index < -0.39 is 0 Å². The Morgan fingerprint density at radius 2 is 2.39 bits per heavy atom. The number of ether oxygens (including phenoxy) is 1. The molecule has 0 saturated carbocycles. The number of nitrogens with two attached hydrogens (primary N) is 1. The summed E-state index contributed by atoms with van der Waals surface area (Å²) in [4.78, 5) is 13.8. The Balaban J connectivity index is 2.02. The normalized spacial score (nSPS) is 18.9. The van der Waals surface area contributed by atoms with E-state index in [2.05, 4.69) is 0 Å². The van der Waals surface area contributed by atoms with Gasteiger partial charge in [0.1, 0.15) is 0 Å². The van der Waals surface area contributed by atoms with Crippen LogP contribution in [0.5, 0.6) is 0 Å². The molecule has 1 saturated heterocycles. The number of carbonyl (C=O) groups is 1. The zero-order valence-corrected chi connectivity index (χ0v) is 11.1. The van der Waals surface area contributed by atoms with Crippen LogP contribution in [0.2, 0.25) is 5.02 Å². The maximum absolute atomic E-state index is 12.2. The molecule has 1 atom stereocenters. The highest BCUT2D eigenvalue weighted by atomic mass is 35.5. The number of nitrogen functional groups attached to an aromatic ring is 1. The first-order valence-corrected chi connectivity index (χ1v) is 6.38. The minimum atomic E-state index is -0.0612. The van der Waals surface area contributed by atoms with Gasteiger partial charge in [0.25, 0.3) is 5.91 Å².